The number of methoxy groups -OCH3 is 1. The first-order valence-electron chi connectivity index (χ1n) is 6.02. The Bertz CT molecular complexity index is 605. The number of rotatable bonds is 6. The highest BCUT2D eigenvalue weighted by molar-refractivity contribution is 7.91. The molecule has 4 nitrogen and oxygen atoms in total. The summed E-state index contributed by atoms with van der Waals surface area (Å²) in [7, 11) is -1.95. The zero-order chi connectivity index (χ0) is 15.2. The molecule has 0 saturated heterocycles. The van der Waals surface area contributed by atoms with Gasteiger partial charge < -0.3 is 4.74 Å². The van der Waals surface area contributed by atoms with E-state index in [1.54, 1.807) is 31.2 Å². The van der Waals surface area contributed by atoms with Crippen LogP contribution in [0.5, 0.6) is 0 Å². The fourth-order valence-electron chi connectivity index (χ4n) is 1.76. The number of hydrogen-bond acceptors (Lipinski definition) is 4. The van der Waals surface area contributed by atoms with E-state index >= 15 is 0 Å². The predicted molar refractivity (Wildman–Crippen MR) is 79.7 cm³/mol. The molecule has 1 aromatic rings. The number of carbonyl (C=O) groups excluding carboxylic acids is 1. The van der Waals surface area contributed by atoms with Crippen molar-refractivity contribution in [1.29, 1.82) is 0 Å². The Balaban J connectivity index is 2.83. The minimum Gasteiger partial charge on any atom is -0.465 e. The summed E-state index contributed by atoms with van der Waals surface area (Å²) in [6.45, 7) is 1.66. The maximum absolute atomic E-state index is 11.9. The molecule has 0 saturated carbocycles. The van der Waals surface area contributed by atoms with Gasteiger partial charge in [0.05, 0.1) is 24.2 Å². The van der Waals surface area contributed by atoms with Crippen LogP contribution in [0.2, 0.25) is 0 Å². The van der Waals surface area contributed by atoms with Gasteiger partial charge in [0.25, 0.3) is 0 Å². The van der Waals surface area contributed by atoms with E-state index in [1.807, 2.05) is 0 Å². The van der Waals surface area contributed by atoms with E-state index in [1.165, 1.54) is 12.6 Å². The third-order valence-electron chi connectivity index (χ3n) is 2.74. The molecular formula is C14H17ClO4S. The van der Waals surface area contributed by atoms with E-state index in [9.17, 15) is 13.2 Å². The lowest BCUT2D eigenvalue weighted by Crippen LogP contribution is -2.15. The van der Waals surface area contributed by atoms with Gasteiger partial charge in [-0.25, -0.2) is 13.2 Å². The Morgan fingerprint density at radius 2 is 2.00 bits per heavy atom. The summed E-state index contributed by atoms with van der Waals surface area (Å²) in [5.41, 5.74) is 2.91. The van der Waals surface area contributed by atoms with Crippen molar-refractivity contribution in [1.82, 2.24) is 0 Å². The van der Waals surface area contributed by atoms with Crippen LogP contribution in [0.1, 0.15) is 22.8 Å². The summed E-state index contributed by atoms with van der Waals surface area (Å²) < 4.78 is 28.5. The Labute approximate surface area is 124 Å². The largest absolute Gasteiger partial charge is 0.465 e. The Morgan fingerprint density at radius 3 is 2.60 bits per heavy atom. The first kappa shape index (κ1) is 16.7. The number of esters is 1. The minimum absolute atomic E-state index is 0.0386. The highest BCUT2D eigenvalue weighted by Crippen LogP contribution is 2.13. The fourth-order valence-corrected chi connectivity index (χ4v) is 3.38. The molecule has 0 atom stereocenters. The predicted octanol–water partition coefficient (Wildman–Crippen LogP) is 2.57. The zero-order valence-electron chi connectivity index (χ0n) is 11.4. The van der Waals surface area contributed by atoms with Gasteiger partial charge >= 0.3 is 5.97 Å². The van der Waals surface area contributed by atoms with Gasteiger partial charge in [0, 0.05) is 5.54 Å². The van der Waals surface area contributed by atoms with Gasteiger partial charge in [-0.2, -0.15) is 0 Å². The van der Waals surface area contributed by atoms with Crippen LogP contribution in [-0.2, 0) is 21.0 Å². The minimum atomic E-state index is -3.25. The van der Waals surface area contributed by atoms with Crippen molar-refractivity contribution in [2.45, 2.75) is 13.3 Å². The van der Waals surface area contributed by atoms with Gasteiger partial charge in [-0.05, 0) is 30.5 Å². The topological polar surface area (TPSA) is 60.4 Å². The quantitative estimate of drug-likeness (QED) is 0.757. The molecule has 1 rings (SSSR count). The number of aryl methyl sites for hydroxylation is 1. The molecular weight excluding hydrogens is 300 g/mol. The van der Waals surface area contributed by atoms with Crippen molar-refractivity contribution < 1.29 is 17.9 Å². The summed E-state index contributed by atoms with van der Waals surface area (Å²) in [6.07, 6.45) is 0.267. The van der Waals surface area contributed by atoms with Crippen LogP contribution in [-0.4, -0.2) is 33.0 Å². The molecule has 0 aliphatic heterocycles. The molecule has 0 unspecified atom stereocenters. The SMILES string of the molecule is COC(=O)c1ccccc1CCS(=O)(=O)C/C(C)=C/Cl. The van der Waals surface area contributed by atoms with Crippen LogP contribution in [0.25, 0.3) is 0 Å². The smallest absolute Gasteiger partial charge is 0.338 e. The summed E-state index contributed by atoms with van der Waals surface area (Å²) in [5.74, 6) is -0.574. The van der Waals surface area contributed by atoms with Gasteiger partial charge in [-0.15, -0.1) is 0 Å². The van der Waals surface area contributed by atoms with E-state index in [-0.39, 0.29) is 17.9 Å². The van der Waals surface area contributed by atoms with Crippen molar-refractivity contribution in [3.8, 4) is 0 Å². The van der Waals surface area contributed by atoms with Gasteiger partial charge in [0.2, 0.25) is 0 Å². The van der Waals surface area contributed by atoms with Gasteiger partial charge in [0.15, 0.2) is 9.84 Å². The van der Waals surface area contributed by atoms with Gasteiger partial charge in [-0.1, -0.05) is 29.8 Å². The number of ether oxygens (including phenoxy) is 1. The standard InChI is InChI=1S/C14H17ClO4S/c1-11(9-15)10-20(17,18)8-7-12-5-3-4-6-13(12)14(16)19-2/h3-6,9H,7-8,10H2,1-2H3/b11-9+. The molecule has 0 spiro atoms. The van der Waals surface area contributed by atoms with E-state index in [4.69, 9.17) is 11.6 Å². The molecule has 0 aromatic heterocycles. The summed E-state index contributed by atoms with van der Waals surface area (Å²) in [5, 5.41) is 0. The molecule has 20 heavy (non-hydrogen) atoms. The third-order valence-corrected chi connectivity index (χ3v) is 4.83. The lowest BCUT2D eigenvalue weighted by atomic mass is 10.1. The molecule has 0 amide bonds. The number of sulfone groups is 1. The van der Waals surface area contributed by atoms with Crippen LogP contribution in [0.3, 0.4) is 0 Å². The first-order valence-corrected chi connectivity index (χ1v) is 8.28. The van der Waals surface area contributed by atoms with E-state index in [0.29, 0.717) is 16.7 Å². The van der Waals surface area contributed by atoms with E-state index < -0.39 is 15.8 Å². The Morgan fingerprint density at radius 1 is 1.35 bits per heavy atom. The first-order chi connectivity index (χ1) is 9.39. The second-order valence-corrected chi connectivity index (χ2v) is 6.85. The molecule has 0 N–H and O–H groups in total. The van der Waals surface area contributed by atoms with Gasteiger partial charge in [0.1, 0.15) is 0 Å². The van der Waals surface area contributed by atoms with Crippen LogP contribution < -0.4 is 0 Å². The molecule has 110 valence electrons. The van der Waals surface area contributed by atoms with Crippen molar-refractivity contribution in [2.24, 2.45) is 0 Å². The van der Waals surface area contributed by atoms with Crippen molar-refractivity contribution >= 4 is 27.4 Å². The average molecular weight is 317 g/mol. The van der Waals surface area contributed by atoms with Crippen LogP contribution in [0.15, 0.2) is 35.4 Å². The highest BCUT2D eigenvalue weighted by atomic mass is 35.5. The molecule has 0 aliphatic carbocycles. The van der Waals surface area contributed by atoms with Crippen LogP contribution in [0.4, 0.5) is 0 Å². The number of carbonyl (C=O) groups is 1. The third kappa shape index (κ3) is 4.98. The highest BCUT2D eigenvalue weighted by Gasteiger charge is 2.15. The maximum atomic E-state index is 11.9. The van der Waals surface area contributed by atoms with Gasteiger partial charge in [-0.3, -0.25) is 0 Å². The average Bonchev–Trinajstić information content (AvgIpc) is 2.44. The fraction of sp³-hybridized carbons (Fsp3) is 0.357. The maximum Gasteiger partial charge on any atom is 0.338 e. The second kappa shape index (κ2) is 7.45. The Kier molecular flexibility index (Phi) is 6.23. The van der Waals surface area contributed by atoms with Crippen LogP contribution in [0, 0.1) is 0 Å². The number of hydrogen-bond donors (Lipinski definition) is 0. The lowest BCUT2D eigenvalue weighted by molar-refractivity contribution is 0.0599. The monoisotopic (exact) mass is 316 g/mol. The summed E-state index contributed by atoms with van der Waals surface area (Å²) in [6, 6.07) is 6.83. The normalized spacial score (nSPS) is 12.2. The summed E-state index contributed by atoms with van der Waals surface area (Å²) in [4.78, 5) is 11.6. The van der Waals surface area contributed by atoms with Crippen molar-refractivity contribution in [2.75, 3.05) is 18.6 Å². The van der Waals surface area contributed by atoms with E-state index in [0.717, 1.165) is 0 Å². The molecule has 0 aliphatic rings. The van der Waals surface area contributed by atoms with Crippen molar-refractivity contribution in [3.05, 3.63) is 46.5 Å². The Hall–Kier alpha value is -1.33. The molecule has 0 heterocycles. The lowest BCUT2D eigenvalue weighted by Gasteiger charge is -2.08. The zero-order valence-corrected chi connectivity index (χ0v) is 13.0. The van der Waals surface area contributed by atoms with Crippen molar-refractivity contribution in [3.63, 3.8) is 0 Å². The molecule has 0 fully saturated rings. The van der Waals surface area contributed by atoms with Crippen LogP contribution >= 0.6 is 11.6 Å². The second-order valence-electron chi connectivity index (χ2n) is 4.45. The molecule has 6 heteroatoms. The number of benzene rings is 1. The molecule has 0 radical (unpaired) electrons. The van der Waals surface area contributed by atoms with E-state index in [2.05, 4.69) is 4.74 Å². The number of halogens is 1. The molecule has 0 bridgehead atoms. The molecule has 1 aromatic carbocycles. The summed E-state index contributed by atoms with van der Waals surface area (Å²) >= 11 is 5.47.